The molecule has 0 aromatic heterocycles. The van der Waals surface area contributed by atoms with Crippen LogP contribution in [-0.2, 0) is 0 Å². The van der Waals surface area contributed by atoms with Gasteiger partial charge in [0.1, 0.15) is 0 Å². The molecule has 3 N–H and O–H groups in total. The molecular weight excluding hydrogens is 202 g/mol. The summed E-state index contributed by atoms with van der Waals surface area (Å²) in [5.74, 6) is 0. The van der Waals surface area contributed by atoms with Crippen LogP contribution < -0.4 is 5.73 Å². The van der Waals surface area contributed by atoms with Crippen LogP contribution in [0.2, 0.25) is 0 Å². The lowest BCUT2D eigenvalue weighted by Gasteiger charge is -2.31. The van der Waals surface area contributed by atoms with Crippen molar-refractivity contribution in [3.8, 4) is 0 Å². The molecule has 0 aromatic rings. The Morgan fingerprint density at radius 3 is 2.81 bits per heavy atom. The Bertz CT molecular complexity index is 232. The molecule has 2 saturated heterocycles. The molecule has 0 saturated carbocycles. The van der Waals surface area contributed by atoms with Crippen molar-refractivity contribution in [3.05, 3.63) is 0 Å². The number of aliphatic hydroxyl groups is 1. The minimum atomic E-state index is -0.728. The van der Waals surface area contributed by atoms with E-state index in [1.807, 2.05) is 6.92 Å². The number of fused-ring (bicyclic) bond motifs is 1. The van der Waals surface area contributed by atoms with Crippen molar-refractivity contribution in [1.82, 2.24) is 9.80 Å². The highest BCUT2D eigenvalue weighted by atomic mass is 16.3. The summed E-state index contributed by atoms with van der Waals surface area (Å²) in [6.07, 6.45) is 3.88. The van der Waals surface area contributed by atoms with E-state index in [2.05, 4.69) is 9.80 Å². The molecule has 4 nitrogen and oxygen atoms in total. The maximum Gasteiger partial charge on any atom is 0.0867 e. The third kappa shape index (κ3) is 2.94. The molecule has 0 amide bonds. The zero-order chi connectivity index (χ0) is 11.6. The second kappa shape index (κ2) is 5.00. The average Bonchev–Trinajstić information content (AvgIpc) is 2.58. The summed E-state index contributed by atoms with van der Waals surface area (Å²) in [7, 11) is 0. The normalized spacial score (nSPS) is 32.1. The van der Waals surface area contributed by atoms with Gasteiger partial charge in [0, 0.05) is 25.7 Å². The van der Waals surface area contributed by atoms with E-state index in [0.717, 1.165) is 19.1 Å². The summed E-state index contributed by atoms with van der Waals surface area (Å²) in [6, 6.07) is 0.719. The Labute approximate surface area is 98.4 Å². The quantitative estimate of drug-likeness (QED) is 0.705. The van der Waals surface area contributed by atoms with E-state index in [4.69, 9.17) is 5.73 Å². The van der Waals surface area contributed by atoms with Gasteiger partial charge in [-0.3, -0.25) is 9.80 Å². The zero-order valence-corrected chi connectivity index (χ0v) is 10.4. The zero-order valence-electron chi connectivity index (χ0n) is 10.4. The molecule has 2 aliphatic rings. The second-order valence-corrected chi connectivity index (χ2v) is 5.62. The first-order valence-electron chi connectivity index (χ1n) is 6.49. The summed E-state index contributed by atoms with van der Waals surface area (Å²) >= 11 is 0. The topological polar surface area (TPSA) is 52.7 Å². The van der Waals surface area contributed by atoms with Crippen molar-refractivity contribution >= 4 is 0 Å². The largest absolute Gasteiger partial charge is 0.388 e. The molecule has 2 unspecified atom stereocenters. The molecule has 2 aliphatic heterocycles. The predicted molar refractivity (Wildman–Crippen MR) is 65.3 cm³/mol. The van der Waals surface area contributed by atoms with Crippen LogP contribution in [0.3, 0.4) is 0 Å². The van der Waals surface area contributed by atoms with Crippen molar-refractivity contribution in [2.45, 2.75) is 37.8 Å². The second-order valence-electron chi connectivity index (χ2n) is 5.62. The van der Waals surface area contributed by atoms with Gasteiger partial charge in [0.2, 0.25) is 0 Å². The fourth-order valence-electron chi connectivity index (χ4n) is 2.97. The van der Waals surface area contributed by atoms with Crippen molar-refractivity contribution in [3.63, 3.8) is 0 Å². The molecule has 16 heavy (non-hydrogen) atoms. The highest BCUT2D eigenvalue weighted by molar-refractivity contribution is 4.87. The fourth-order valence-corrected chi connectivity index (χ4v) is 2.97. The first kappa shape index (κ1) is 12.3. The number of β-amino-alcohol motifs (C(OH)–C–C–N with tert-alkyl or cyclic N) is 1. The molecule has 2 rings (SSSR count). The SMILES string of the molecule is CC(O)(CN)CN1CCCN2CCCC2C1. The molecule has 2 heterocycles. The van der Waals surface area contributed by atoms with Crippen molar-refractivity contribution in [2.75, 3.05) is 39.3 Å². The molecule has 4 heteroatoms. The third-order valence-electron chi connectivity index (χ3n) is 3.89. The van der Waals surface area contributed by atoms with Crippen molar-refractivity contribution in [1.29, 1.82) is 0 Å². The summed E-state index contributed by atoms with van der Waals surface area (Å²) in [4.78, 5) is 5.00. The van der Waals surface area contributed by atoms with Crippen LogP contribution in [0.1, 0.15) is 26.2 Å². The molecular formula is C12H25N3O. The number of rotatable bonds is 3. The van der Waals surface area contributed by atoms with Crippen molar-refractivity contribution in [2.24, 2.45) is 5.73 Å². The number of hydrogen-bond acceptors (Lipinski definition) is 4. The molecule has 0 bridgehead atoms. The molecule has 2 fully saturated rings. The predicted octanol–water partition coefficient (Wildman–Crippen LogP) is -0.134. The van der Waals surface area contributed by atoms with Crippen LogP contribution in [0.15, 0.2) is 0 Å². The molecule has 0 aromatic carbocycles. The molecule has 94 valence electrons. The maximum atomic E-state index is 10.0. The number of nitrogens with two attached hydrogens (primary N) is 1. The highest BCUT2D eigenvalue weighted by Crippen LogP contribution is 2.22. The van der Waals surface area contributed by atoms with Gasteiger partial charge in [-0.15, -0.1) is 0 Å². The van der Waals surface area contributed by atoms with Gasteiger partial charge in [-0.25, -0.2) is 0 Å². The lowest BCUT2D eigenvalue weighted by molar-refractivity contribution is 0.0256. The Hall–Kier alpha value is -0.160. The summed E-state index contributed by atoms with van der Waals surface area (Å²) in [6.45, 7) is 7.60. The smallest absolute Gasteiger partial charge is 0.0867 e. The van der Waals surface area contributed by atoms with Crippen molar-refractivity contribution < 1.29 is 5.11 Å². The lowest BCUT2D eigenvalue weighted by Crippen LogP contribution is -2.48. The van der Waals surface area contributed by atoms with Gasteiger partial charge in [-0.05, 0) is 45.8 Å². The minimum absolute atomic E-state index is 0.345. The maximum absolute atomic E-state index is 10.0. The van der Waals surface area contributed by atoms with E-state index in [9.17, 15) is 5.11 Å². The van der Waals surface area contributed by atoms with E-state index in [0.29, 0.717) is 13.1 Å². The highest BCUT2D eigenvalue weighted by Gasteiger charge is 2.31. The standard InChI is InChI=1S/C12H25N3O/c1-12(16,9-13)10-14-5-3-7-15-6-2-4-11(15)8-14/h11,16H,2-10,13H2,1H3. The van der Waals surface area contributed by atoms with E-state index >= 15 is 0 Å². The van der Waals surface area contributed by atoms with Gasteiger partial charge in [0.25, 0.3) is 0 Å². The Morgan fingerprint density at radius 2 is 2.06 bits per heavy atom. The van der Waals surface area contributed by atoms with Gasteiger partial charge in [0.15, 0.2) is 0 Å². The molecule has 2 atom stereocenters. The summed E-state index contributed by atoms with van der Waals surface area (Å²) in [5, 5.41) is 10.0. The minimum Gasteiger partial charge on any atom is -0.388 e. The van der Waals surface area contributed by atoms with Crippen LogP contribution in [0.25, 0.3) is 0 Å². The van der Waals surface area contributed by atoms with Crippen LogP contribution in [0.4, 0.5) is 0 Å². The molecule has 0 radical (unpaired) electrons. The Kier molecular flexibility index (Phi) is 3.85. The Balaban J connectivity index is 1.90. The van der Waals surface area contributed by atoms with Gasteiger partial charge in [-0.1, -0.05) is 0 Å². The van der Waals surface area contributed by atoms with E-state index in [1.54, 1.807) is 0 Å². The van der Waals surface area contributed by atoms with Crippen LogP contribution in [0.5, 0.6) is 0 Å². The fraction of sp³-hybridized carbons (Fsp3) is 1.00. The van der Waals surface area contributed by atoms with Gasteiger partial charge < -0.3 is 10.8 Å². The van der Waals surface area contributed by atoms with E-state index < -0.39 is 5.60 Å². The van der Waals surface area contributed by atoms with Gasteiger partial charge in [0.05, 0.1) is 5.60 Å². The monoisotopic (exact) mass is 227 g/mol. The van der Waals surface area contributed by atoms with E-state index in [1.165, 1.54) is 32.4 Å². The van der Waals surface area contributed by atoms with Gasteiger partial charge in [-0.2, -0.15) is 0 Å². The van der Waals surface area contributed by atoms with Crippen LogP contribution in [-0.4, -0.2) is 65.8 Å². The van der Waals surface area contributed by atoms with Crippen LogP contribution in [0, 0.1) is 0 Å². The summed E-state index contributed by atoms with van der Waals surface area (Å²) in [5.41, 5.74) is 4.85. The third-order valence-corrected chi connectivity index (χ3v) is 3.89. The lowest BCUT2D eigenvalue weighted by atomic mass is 10.1. The van der Waals surface area contributed by atoms with Crippen LogP contribution >= 0.6 is 0 Å². The summed E-state index contributed by atoms with van der Waals surface area (Å²) < 4.78 is 0. The molecule has 0 aliphatic carbocycles. The molecule has 0 spiro atoms. The average molecular weight is 227 g/mol. The first-order chi connectivity index (χ1) is 7.61. The van der Waals surface area contributed by atoms with E-state index in [-0.39, 0.29) is 0 Å². The van der Waals surface area contributed by atoms with Gasteiger partial charge >= 0.3 is 0 Å². The number of hydrogen-bond donors (Lipinski definition) is 2. The first-order valence-corrected chi connectivity index (χ1v) is 6.49. The Morgan fingerprint density at radius 1 is 1.31 bits per heavy atom. The number of nitrogens with zero attached hydrogens (tertiary/aromatic N) is 2.